The number of hydrogen-bond acceptors (Lipinski definition) is 3. The predicted octanol–water partition coefficient (Wildman–Crippen LogP) is 6.65. The summed E-state index contributed by atoms with van der Waals surface area (Å²) in [5.41, 5.74) is 3.10. The lowest BCUT2D eigenvalue weighted by Crippen LogP contribution is -2.16. The number of nitrogens with zero attached hydrogens (tertiary/aromatic N) is 1. The maximum absolute atomic E-state index is 13.0. The van der Waals surface area contributed by atoms with Crippen molar-refractivity contribution in [2.75, 3.05) is 4.72 Å². The Morgan fingerprint density at radius 3 is 2.15 bits per heavy atom. The minimum Gasteiger partial charge on any atom is -0.263 e. The minimum atomic E-state index is -4.42. The molecule has 0 aliphatic carbocycles. The van der Waals surface area contributed by atoms with E-state index in [0.717, 1.165) is 17.7 Å². The highest BCUT2D eigenvalue weighted by atomic mass is 32.2. The van der Waals surface area contributed by atoms with Gasteiger partial charge in [-0.3, -0.25) is 4.72 Å². The third-order valence-electron chi connectivity index (χ3n) is 5.32. The van der Waals surface area contributed by atoms with E-state index in [4.69, 9.17) is 0 Å². The summed E-state index contributed by atoms with van der Waals surface area (Å²) in [6.07, 6.45) is -4.42. The first-order chi connectivity index (χ1) is 15.4. The highest BCUT2D eigenvalue weighted by Crippen LogP contribution is 2.33. The molecular formula is C25H21F3N2O2S. The molecule has 4 nitrogen and oxygen atoms in total. The Labute approximate surface area is 190 Å². The first-order valence-corrected chi connectivity index (χ1v) is 11.6. The van der Waals surface area contributed by atoms with E-state index in [1.165, 1.54) is 12.1 Å². The van der Waals surface area contributed by atoms with Crippen molar-refractivity contribution in [3.05, 3.63) is 89.0 Å². The summed E-state index contributed by atoms with van der Waals surface area (Å²) in [6, 6.07) is 17.0. The molecule has 33 heavy (non-hydrogen) atoms. The van der Waals surface area contributed by atoms with Crippen molar-refractivity contribution in [3.8, 4) is 11.1 Å². The average Bonchev–Trinajstić information content (AvgIpc) is 2.71. The van der Waals surface area contributed by atoms with E-state index < -0.39 is 21.8 Å². The van der Waals surface area contributed by atoms with Gasteiger partial charge in [0.15, 0.2) is 0 Å². The van der Waals surface area contributed by atoms with Gasteiger partial charge in [-0.15, -0.1) is 0 Å². The topological polar surface area (TPSA) is 59.1 Å². The second-order valence-electron chi connectivity index (χ2n) is 8.02. The van der Waals surface area contributed by atoms with Crippen LogP contribution in [0.4, 0.5) is 19.0 Å². The van der Waals surface area contributed by atoms with Gasteiger partial charge >= 0.3 is 6.18 Å². The quantitative estimate of drug-likeness (QED) is 0.363. The Kier molecular flexibility index (Phi) is 5.66. The summed E-state index contributed by atoms with van der Waals surface area (Å²) < 4.78 is 67.7. The van der Waals surface area contributed by atoms with Crippen molar-refractivity contribution in [2.24, 2.45) is 0 Å². The van der Waals surface area contributed by atoms with E-state index in [1.807, 2.05) is 19.1 Å². The molecule has 0 saturated carbocycles. The van der Waals surface area contributed by atoms with E-state index in [2.05, 4.69) is 9.71 Å². The lowest BCUT2D eigenvalue weighted by atomic mass is 10.0. The lowest BCUT2D eigenvalue weighted by molar-refractivity contribution is -0.137. The molecule has 0 atom stereocenters. The average molecular weight is 471 g/mol. The second-order valence-corrected chi connectivity index (χ2v) is 9.64. The molecule has 4 aromatic rings. The Morgan fingerprint density at radius 2 is 1.48 bits per heavy atom. The fourth-order valence-corrected chi connectivity index (χ4v) is 5.47. The van der Waals surface area contributed by atoms with Crippen molar-refractivity contribution in [2.45, 2.75) is 31.8 Å². The normalized spacial score (nSPS) is 12.2. The van der Waals surface area contributed by atoms with Gasteiger partial charge < -0.3 is 0 Å². The van der Waals surface area contributed by atoms with Crippen molar-refractivity contribution < 1.29 is 21.6 Å². The monoisotopic (exact) mass is 470 g/mol. The van der Waals surface area contributed by atoms with Crippen LogP contribution in [0.1, 0.15) is 22.3 Å². The van der Waals surface area contributed by atoms with E-state index >= 15 is 0 Å². The molecule has 0 amide bonds. The van der Waals surface area contributed by atoms with Crippen LogP contribution in [-0.2, 0) is 16.2 Å². The van der Waals surface area contributed by atoms with Gasteiger partial charge in [-0.05, 0) is 79.4 Å². The van der Waals surface area contributed by atoms with Gasteiger partial charge in [0.1, 0.15) is 5.82 Å². The van der Waals surface area contributed by atoms with Gasteiger partial charge in [-0.25, -0.2) is 13.4 Å². The number of hydrogen-bond donors (Lipinski definition) is 1. The Balaban J connectivity index is 1.67. The molecule has 0 aliphatic heterocycles. The number of alkyl halides is 3. The van der Waals surface area contributed by atoms with Gasteiger partial charge in [-0.2, -0.15) is 13.2 Å². The maximum atomic E-state index is 13.0. The van der Waals surface area contributed by atoms with E-state index in [-0.39, 0.29) is 10.7 Å². The van der Waals surface area contributed by atoms with Crippen LogP contribution >= 0.6 is 0 Å². The fourth-order valence-electron chi connectivity index (χ4n) is 4.02. The highest BCUT2D eigenvalue weighted by molar-refractivity contribution is 7.92. The molecule has 8 heteroatoms. The van der Waals surface area contributed by atoms with Crippen molar-refractivity contribution in [1.29, 1.82) is 0 Å². The van der Waals surface area contributed by atoms with E-state index in [1.54, 1.807) is 44.2 Å². The van der Waals surface area contributed by atoms with Gasteiger partial charge in [0.2, 0.25) is 0 Å². The molecule has 1 N–H and O–H groups in total. The highest BCUT2D eigenvalue weighted by Gasteiger charge is 2.30. The standard InChI is InChI=1S/C25H21F3N2O2S/c1-15-11-16(2)24(17(3)12-15)33(31,32)30-23-10-8-20-13-19(7-9-22(20)29-23)18-5-4-6-21(14-18)25(26,27)28/h4-14H,1-3H3,(H,29,30). The summed E-state index contributed by atoms with van der Waals surface area (Å²) in [6.45, 7) is 5.40. The SMILES string of the molecule is Cc1cc(C)c(S(=O)(=O)Nc2ccc3cc(-c4cccc(C(F)(F)F)c4)ccc3n2)c(C)c1. The van der Waals surface area contributed by atoms with Crippen molar-refractivity contribution in [3.63, 3.8) is 0 Å². The van der Waals surface area contributed by atoms with Crippen LogP contribution in [0.25, 0.3) is 22.0 Å². The Bertz CT molecular complexity index is 1460. The van der Waals surface area contributed by atoms with Crippen molar-refractivity contribution in [1.82, 2.24) is 4.98 Å². The molecule has 0 spiro atoms. The minimum absolute atomic E-state index is 0.161. The zero-order valence-corrected chi connectivity index (χ0v) is 19.0. The third kappa shape index (κ3) is 4.71. The maximum Gasteiger partial charge on any atom is 0.416 e. The van der Waals surface area contributed by atoms with Gasteiger partial charge in [0.05, 0.1) is 16.0 Å². The molecule has 0 aliphatic rings. The van der Waals surface area contributed by atoms with Crippen LogP contribution in [0.2, 0.25) is 0 Å². The first-order valence-electron chi connectivity index (χ1n) is 10.1. The van der Waals surface area contributed by atoms with Crippen LogP contribution in [0.5, 0.6) is 0 Å². The molecule has 0 fully saturated rings. The first kappa shape index (κ1) is 22.8. The summed E-state index contributed by atoms with van der Waals surface area (Å²) in [4.78, 5) is 4.60. The van der Waals surface area contributed by atoms with Gasteiger partial charge in [0, 0.05) is 5.39 Å². The van der Waals surface area contributed by atoms with Gasteiger partial charge in [0.25, 0.3) is 10.0 Å². The summed E-state index contributed by atoms with van der Waals surface area (Å²) in [5.74, 6) is 0.161. The van der Waals surface area contributed by atoms with Crippen LogP contribution in [0.15, 0.2) is 71.6 Å². The number of sulfonamides is 1. The van der Waals surface area contributed by atoms with Gasteiger partial charge in [-0.1, -0.05) is 35.9 Å². The zero-order valence-electron chi connectivity index (χ0n) is 18.2. The number of aromatic nitrogens is 1. The van der Waals surface area contributed by atoms with Crippen LogP contribution in [0.3, 0.4) is 0 Å². The molecule has 0 unspecified atom stereocenters. The molecule has 4 rings (SSSR count). The Morgan fingerprint density at radius 1 is 0.818 bits per heavy atom. The zero-order chi connectivity index (χ0) is 24.0. The number of nitrogens with one attached hydrogen (secondary N) is 1. The molecular weight excluding hydrogens is 449 g/mol. The van der Waals surface area contributed by atoms with Crippen LogP contribution < -0.4 is 4.72 Å². The molecule has 3 aromatic carbocycles. The molecule has 0 saturated heterocycles. The molecule has 1 heterocycles. The number of pyridine rings is 1. The lowest BCUT2D eigenvalue weighted by Gasteiger charge is -2.14. The number of anilines is 1. The third-order valence-corrected chi connectivity index (χ3v) is 6.98. The van der Waals surface area contributed by atoms with Crippen LogP contribution in [-0.4, -0.2) is 13.4 Å². The summed E-state index contributed by atoms with van der Waals surface area (Å²) >= 11 is 0. The summed E-state index contributed by atoms with van der Waals surface area (Å²) in [7, 11) is -3.85. The largest absolute Gasteiger partial charge is 0.416 e. The summed E-state index contributed by atoms with van der Waals surface area (Å²) in [5, 5.41) is 0.676. The number of benzene rings is 3. The van der Waals surface area contributed by atoms with Crippen LogP contribution in [0, 0.1) is 20.8 Å². The predicted molar refractivity (Wildman–Crippen MR) is 124 cm³/mol. The smallest absolute Gasteiger partial charge is 0.263 e. The molecule has 1 aromatic heterocycles. The number of aryl methyl sites for hydroxylation is 3. The van der Waals surface area contributed by atoms with E-state index in [9.17, 15) is 21.6 Å². The van der Waals surface area contributed by atoms with Crippen molar-refractivity contribution >= 4 is 26.7 Å². The second kappa shape index (κ2) is 8.19. The number of fused-ring (bicyclic) bond motifs is 1. The van der Waals surface area contributed by atoms with E-state index in [0.29, 0.717) is 33.2 Å². The molecule has 170 valence electrons. The molecule has 0 radical (unpaired) electrons. The number of halogens is 3. The fraction of sp³-hybridized carbons (Fsp3) is 0.160. The number of rotatable bonds is 4. The molecule has 0 bridgehead atoms. The Hall–Kier alpha value is -3.39.